The smallest absolute Gasteiger partial charge is 0.255 e. The van der Waals surface area contributed by atoms with Crippen LogP contribution < -0.4 is 10.1 Å². The van der Waals surface area contributed by atoms with E-state index in [0.29, 0.717) is 35.0 Å². The number of fused-ring (bicyclic) bond motifs is 1. The molecular formula is C26H29F2N5O4. The summed E-state index contributed by atoms with van der Waals surface area (Å²) in [5.41, 5.74) is 2.13. The standard InChI is InChI=1S/C26H29F2N5O4/c1-12-4-7-18(37-10-15-5-6-15)20(21(12)28)23-24-22(29-11-30-23)19(13(2)31-24)25(35)32-17-9-33(8-16(17)27)26(36)14(3)34/h4,7,11,14-17,31,34H,5-6,8-10H2,1-3H3,(H,32,35)/t14-,16-,17+/m0/s1. The Morgan fingerprint density at radius 1 is 1.27 bits per heavy atom. The van der Waals surface area contributed by atoms with Gasteiger partial charge in [0.2, 0.25) is 0 Å². The number of amides is 2. The van der Waals surface area contributed by atoms with Crippen LogP contribution in [-0.2, 0) is 4.79 Å². The lowest BCUT2D eigenvalue weighted by atomic mass is 10.0. The van der Waals surface area contributed by atoms with Gasteiger partial charge in [-0.15, -0.1) is 0 Å². The molecule has 9 nitrogen and oxygen atoms in total. The van der Waals surface area contributed by atoms with E-state index in [9.17, 15) is 19.1 Å². The maximum absolute atomic E-state index is 15.4. The highest BCUT2D eigenvalue weighted by Gasteiger charge is 2.38. The van der Waals surface area contributed by atoms with Crippen molar-refractivity contribution < 1.29 is 28.2 Å². The fourth-order valence-corrected chi connectivity index (χ4v) is 4.67. The third-order valence-electron chi connectivity index (χ3n) is 6.94. The van der Waals surface area contributed by atoms with Crippen molar-refractivity contribution in [2.75, 3.05) is 19.7 Å². The average Bonchev–Trinajstić information content (AvgIpc) is 3.53. The van der Waals surface area contributed by atoms with E-state index < -0.39 is 35.9 Å². The van der Waals surface area contributed by atoms with E-state index in [-0.39, 0.29) is 35.4 Å². The number of aryl methyl sites for hydroxylation is 2. The molecule has 3 aromatic rings. The fourth-order valence-electron chi connectivity index (χ4n) is 4.67. The van der Waals surface area contributed by atoms with E-state index in [4.69, 9.17) is 4.74 Å². The van der Waals surface area contributed by atoms with E-state index >= 15 is 4.39 Å². The molecule has 0 bridgehead atoms. The molecule has 2 amide bonds. The van der Waals surface area contributed by atoms with Gasteiger partial charge in [-0.05, 0) is 51.2 Å². The Bertz CT molecular complexity index is 1370. The number of halogens is 2. The minimum absolute atomic E-state index is 0.0610. The summed E-state index contributed by atoms with van der Waals surface area (Å²) in [6, 6.07) is 2.42. The number of likely N-dealkylation sites (tertiary alicyclic amines) is 1. The zero-order valence-corrected chi connectivity index (χ0v) is 20.8. The van der Waals surface area contributed by atoms with Crippen LogP contribution in [-0.4, -0.2) is 74.8 Å². The van der Waals surface area contributed by atoms with E-state index in [2.05, 4.69) is 20.3 Å². The molecule has 1 aliphatic heterocycles. The number of alkyl halides is 1. The topological polar surface area (TPSA) is 120 Å². The number of aliphatic hydroxyl groups is 1. The largest absolute Gasteiger partial charge is 0.492 e. The van der Waals surface area contributed by atoms with Crippen LogP contribution in [0.15, 0.2) is 18.5 Å². The van der Waals surface area contributed by atoms with Gasteiger partial charge in [0.25, 0.3) is 11.8 Å². The molecule has 1 aliphatic carbocycles. The number of nitrogens with zero attached hydrogens (tertiary/aromatic N) is 3. The number of aromatic amines is 1. The molecule has 3 N–H and O–H groups in total. The summed E-state index contributed by atoms with van der Waals surface area (Å²) in [5.74, 6) is -0.822. The van der Waals surface area contributed by atoms with Gasteiger partial charge in [0.15, 0.2) is 0 Å². The van der Waals surface area contributed by atoms with Crippen LogP contribution in [0.1, 0.15) is 41.4 Å². The molecule has 5 rings (SSSR count). The first kappa shape index (κ1) is 25.1. The van der Waals surface area contributed by atoms with E-state index in [1.54, 1.807) is 26.0 Å². The number of carbonyl (C=O) groups is 2. The lowest BCUT2D eigenvalue weighted by Crippen LogP contribution is -2.42. The second kappa shape index (κ2) is 9.70. The molecule has 37 heavy (non-hydrogen) atoms. The maximum Gasteiger partial charge on any atom is 0.255 e. The average molecular weight is 514 g/mol. The van der Waals surface area contributed by atoms with Crippen LogP contribution in [0, 0.1) is 25.6 Å². The molecule has 0 unspecified atom stereocenters. The molecule has 1 saturated carbocycles. The summed E-state index contributed by atoms with van der Waals surface area (Å²) < 4.78 is 36.0. The third-order valence-corrected chi connectivity index (χ3v) is 6.94. The van der Waals surface area contributed by atoms with Crippen LogP contribution in [0.25, 0.3) is 22.3 Å². The van der Waals surface area contributed by atoms with Gasteiger partial charge in [-0.3, -0.25) is 9.59 Å². The molecule has 1 saturated heterocycles. The van der Waals surface area contributed by atoms with Crippen molar-refractivity contribution in [3.63, 3.8) is 0 Å². The lowest BCUT2D eigenvalue weighted by molar-refractivity contribution is -0.138. The Labute approximate surface area is 212 Å². The van der Waals surface area contributed by atoms with Crippen LogP contribution >= 0.6 is 0 Å². The summed E-state index contributed by atoms with van der Waals surface area (Å²) in [6.07, 6.45) is 0.677. The molecule has 196 valence electrons. The summed E-state index contributed by atoms with van der Waals surface area (Å²) in [6.45, 7) is 4.84. The van der Waals surface area contributed by atoms with Gasteiger partial charge < -0.3 is 25.0 Å². The number of ether oxygens (including phenoxy) is 1. The van der Waals surface area contributed by atoms with Gasteiger partial charge in [0, 0.05) is 12.2 Å². The molecular weight excluding hydrogens is 484 g/mol. The van der Waals surface area contributed by atoms with E-state index in [0.717, 1.165) is 12.8 Å². The summed E-state index contributed by atoms with van der Waals surface area (Å²) in [5, 5.41) is 12.2. The Morgan fingerprint density at radius 2 is 2.03 bits per heavy atom. The predicted octanol–water partition coefficient (Wildman–Crippen LogP) is 2.83. The molecule has 2 fully saturated rings. The number of aromatic nitrogens is 3. The Morgan fingerprint density at radius 3 is 2.73 bits per heavy atom. The van der Waals surface area contributed by atoms with Crippen LogP contribution in [0.2, 0.25) is 0 Å². The minimum Gasteiger partial charge on any atom is -0.492 e. The van der Waals surface area contributed by atoms with Crippen LogP contribution in [0.4, 0.5) is 8.78 Å². The zero-order valence-electron chi connectivity index (χ0n) is 20.8. The van der Waals surface area contributed by atoms with Crippen LogP contribution in [0.5, 0.6) is 5.75 Å². The van der Waals surface area contributed by atoms with E-state index in [1.807, 2.05) is 0 Å². The number of carbonyl (C=O) groups excluding carboxylic acids is 2. The quantitative estimate of drug-likeness (QED) is 0.447. The van der Waals surface area contributed by atoms with Gasteiger partial charge in [-0.2, -0.15) is 0 Å². The monoisotopic (exact) mass is 513 g/mol. The molecule has 3 atom stereocenters. The van der Waals surface area contributed by atoms with Crippen molar-refractivity contribution in [1.29, 1.82) is 0 Å². The van der Waals surface area contributed by atoms with Crippen molar-refractivity contribution in [3.8, 4) is 17.0 Å². The van der Waals surface area contributed by atoms with Crippen molar-refractivity contribution in [1.82, 2.24) is 25.2 Å². The molecule has 11 heteroatoms. The Balaban J connectivity index is 1.47. The third kappa shape index (κ3) is 4.75. The number of H-pyrrole nitrogens is 1. The summed E-state index contributed by atoms with van der Waals surface area (Å²) in [7, 11) is 0. The number of benzene rings is 1. The minimum atomic E-state index is -1.49. The van der Waals surface area contributed by atoms with E-state index in [1.165, 1.54) is 18.2 Å². The highest BCUT2D eigenvalue weighted by molar-refractivity contribution is 6.09. The molecule has 3 heterocycles. The molecule has 0 radical (unpaired) electrons. The molecule has 1 aromatic carbocycles. The van der Waals surface area contributed by atoms with Gasteiger partial charge in [0.1, 0.15) is 41.4 Å². The highest BCUT2D eigenvalue weighted by Crippen LogP contribution is 2.39. The Kier molecular flexibility index (Phi) is 6.57. The molecule has 2 aliphatic rings. The van der Waals surface area contributed by atoms with Crippen molar-refractivity contribution in [2.45, 2.75) is 51.9 Å². The predicted molar refractivity (Wildman–Crippen MR) is 131 cm³/mol. The number of hydrogen-bond acceptors (Lipinski definition) is 6. The number of hydrogen-bond donors (Lipinski definition) is 3. The highest BCUT2D eigenvalue weighted by atomic mass is 19.1. The first-order chi connectivity index (χ1) is 17.7. The van der Waals surface area contributed by atoms with Crippen molar-refractivity contribution in [3.05, 3.63) is 41.1 Å². The summed E-state index contributed by atoms with van der Waals surface area (Å²) >= 11 is 0. The first-order valence-corrected chi connectivity index (χ1v) is 12.3. The van der Waals surface area contributed by atoms with Gasteiger partial charge in [0.05, 0.1) is 35.8 Å². The lowest BCUT2D eigenvalue weighted by Gasteiger charge is -2.18. The molecule has 0 spiro atoms. The van der Waals surface area contributed by atoms with Crippen molar-refractivity contribution in [2.24, 2.45) is 5.92 Å². The Hall–Kier alpha value is -3.60. The number of aliphatic hydroxyl groups excluding tert-OH is 1. The zero-order chi connectivity index (χ0) is 26.4. The SMILES string of the molecule is Cc1ccc(OCC2CC2)c(-c2ncnc3c(C(=O)N[C@@H]4CN(C(=O)[C@H](C)O)C[C@@H]4F)c(C)[nH]c23)c1F. The first-order valence-electron chi connectivity index (χ1n) is 12.3. The number of rotatable bonds is 7. The maximum atomic E-state index is 15.4. The summed E-state index contributed by atoms with van der Waals surface area (Å²) in [4.78, 5) is 38.2. The van der Waals surface area contributed by atoms with Crippen LogP contribution in [0.3, 0.4) is 0 Å². The van der Waals surface area contributed by atoms with Crippen molar-refractivity contribution >= 4 is 22.8 Å². The second-order valence-electron chi connectivity index (χ2n) is 9.91. The number of nitrogens with one attached hydrogen (secondary N) is 2. The fraction of sp³-hybridized carbons (Fsp3) is 0.462. The normalized spacial score (nSPS) is 20.3. The van der Waals surface area contributed by atoms with Gasteiger partial charge in [-0.1, -0.05) is 6.07 Å². The second-order valence-corrected chi connectivity index (χ2v) is 9.91. The van der Waals surface area contributed by atoms with Gasteiger partial charge >= 0.3 is 0 Å². The molecule has 2 aromatic heterocycles. The van der Waals surface area contributed by atoms with Gasteiger partial charge in [-0.25, -0.2) is 18.7 Å².